The van der Waals surface area contributed by atoms with Gasteiger partial charge < -0.3 is 24.3 Å². The fraction of sp³-hybridized carbons (Fsp3) is 0.261. The van der Waals surface area contributed by atoms with Crippen LogP contribution in [-0.2, 0) is 11.8 Å². The molecule has 184 valence electrons. The molecular formula is C23H20Cl2F2N4O4. The largest absolute Gasteiger partial charge is 0.487 e. The molecule has 1 N–H and O–H groups in total. The zero-order chi connectivity index (χ0) is 25.2. The molecular weight excluding hydrogens is 505 g/mol. The number of rotatable bonds is 6. The van der Waals surface area contributed by atoms with Gasteiger partial charge in [0.1, 0.15) is 11.6 Å². The normalized spacial score (nSPS) is 14.0. The van der Waals surface area contributed by atoms with Crippen LogP contribution < -0.4 is 20.5 Å². The van der Waals surface area contributed by atoms with Gasteiger partial charge in [0.15, 0.2) is 0 Å². The van der Waals surface area contributed by atoms with Gasteiger partial charge in [0.25, 0.3) is 11.5 Å². The highest BCUT2D eigenvalue weighted by Gasteiger charge is 2.27. The van der Waals surface area contributed by atoms with Crippen LogP contribution in [0.25, 0.3) is 11.1 Å². The molecule has 0 bridgehead atoms. The Morgan fingerprint density at radius 1 is 1.17 bits per heavy atom. The van der Waals surface area contributed by atoms with Crippen molar-refractivity contribution in [2.24, 2.45) is 7.05 Å². The van der Waals surface area contributed by atoms with Gasteiger partial charge in [-0.3, -0.25) is 9.59 Å². The average Bonchev–Trinajstić information content (AvgIpc) is 2.82. The lowest BCUT2D eigenvalue weighted by Gasteiger charge is -2.29. The molecule has 3 aromatic rings. The number of hydrogen-bond acceptors (Lipinski definition) is 6. The minimum atomic E-state index is -3.84. The van der Waals surface area contributed by atoms with Crippen LogP contribution >= 0.6 is 23.2 Å². The van der Waals surface area contributed by atoms with Gasteiger partial charge in [-0.05, 0) is 30.3 Å². The van der Waals surface area contributed by atoms with E-state index in [1.54, 1.807) is 13.1 Å². The number of amides is 1. The molecule has 8 nitrogen and oxygen atoms in total. The summed E-state index contributed by atoms with van der Waals surface area (Å²) in [5, 5.41) is 3.00. The van der Waals surface area contributed by atoms with E-state index < -0.39 is 11.5 Å². The molecule has 1 aliphatic heterocycles. The zero-order valence-electron chi connectivity index (χ0n) is 18.4. The van der Waals surface area contributed by atoms with E-state index in [1.165, 1.54) is 47.3 Å². The number of alkyl halides is 3. The molecule has 0 aliphatic carbocycles. The van der Waals surface area contributed by atoms with E-state index in [2.05, 4.69) is 15.0 Å². The van der Waals surface area contributed by atoms with Crippen molar-refractivity contribution in [3.05, 3.63) is 69.7 Å². The summed E-state index contributed by atoms with van der Waals surface area (Å²) in [7, 11) is 1.59. The summed E-state index contributed by atoms with van der Waals surface area (Å²) in [6.07, 6.45) is 2.92. The quantitative estimate of drug-likeness (QED) is 0.482. The first kappa shape index (κ1) is 24.9. The highest BCUT2D eigenvalue weighted by atomic mass is 35.5. The maximum atomic E-state index is 12.9. The van der Waals surface area contributed by atoms with Crippen LogP contribution in [-0.4, -0.2) is 47.3 Å². The van der Waals surface area contributed by atoms with Gasteiger partial charge in [0.2, 0.25) is 0 Å². The maximum Gasteiger partial charge on any atom is 0.487 e. The molecule has 0 spiro atoms. The number of carbonyl (C=O) groups excluding carboxylic acids is 1. The second-order valence-electron chi connectivity index (χ2n) is 7.71. The number of benzene rings is 1. The van der Waals surface area contributed by atoms with E-state index in [9.17, 15) is 18.4 Å². The number of nitrogens with zero attached hydrogens (tertiary/aromatic N) is 3. The summed E-state index contributed by atoms with van der Waals surface area (Å²) in [4.78, 5) is 31.8. The van der Waals surface area contributed by atoms with Gasteiger partial charge in [0.05, 0.1) is 23.8 Å². The van der Waals surface area contributed by atoms with Gasteiger partial charge in [-0.1, -0.05) is 11.6 Å². The molecule has 0 radical (unpaired) electrons. The van der Waals surface area contributed by atoms with E-state index in [1.807, 2.05) is 4.90 Å². The summed E-state index contributed by atoms with van der Waals surface area (Å²) in [5.41, 5.74) is -2.59. The van der Waals surface area contributed by atoms with Crippen molar-refractivity contribution < 1.29 is 23.0 Å². The Morgan fingerprint density at radius 2 is 1.86 bits per heavy atom. The second kappa shape index (κ2) is 10.2. The first-order valence-electron chi connectivity index (χ1n) is 10.5. The fourth-order valence-corrected chi connectivity index (χ4v) is 3.95. The van der Waals surface area contributed by atoms with E-state index in [-0.39, 0.29) is 16.9 Å². The van der Waals surface area contributed by atoms with E-state index in [0.717, 1.165) is 0 Å². The summed E-state index contributed by atoms with van der Waals surface area (Å²) < 4.78 is 36.6. The van der Waals surface area contributed by atoms with Crippen molar-refractivity contribution in [2.45, 2.75) is 5.57 Å². The molecule has 0 unspecified atom stereocenters. The van der Waals surface area contributed by atoms with Crippen LogP contribution in [0.5, 0.6) is 5.75 Å². The summed E-state index contributed by atoms with van der Waals surface area (Å²) in [6.45, 7) is 2.21. The summed E-state index contributed by atoms with van der Waals surface area (Å²) in [6, 6.07) is 8.29. The number of pyridine rings is 2. The number of aromatic nitrogens is 2. The molecule has 3 heterocycles. The number of aryl methyl sites for hydroxylation is 1. The SMILES string of the molecule is Cn1cc(Cl)c(-c2cc(C(=O)Nc3ccc(OC(F)(F)Cl)cc3)cnc2N2CCOCC2)cc1=O. The third kappa shape index (κ3) is 6.08. The smallest absolute Gasteiger partial charge is 0.420 e. The first-order valence-corrected chi connectivity index (χ1v) is 11.2. The highest BCUT2D eigenvalue weighted by Crippen LogP contribution is 2.34. The van der Waals surface area contributed by atoms with Crippen molar-refractivity contribution in [2.75, 3.05) is 36.5 Å². The second-order valence-corrected chi connectivity index (χ2v) is 8.55. The van der Waals surface area contributed by atoms with Gasteiger partial charge in [0, 0.05) is 67.0 Å². The molecule has 1 aliphatic rings. The lowest BCUT2D eigenvalue weighted by molar-refractivity contribution is -0.0964. The molecule has 1 fully saturated rings. The van der Waals surface area contributed by atoms with Crippen LogP contribution in [0.15, 0.2) is 53.6 Å². The number of morpholine rings is 1. The minimum absolute atomic E-state index is 0.165. The van der Waals surface area contributed by atoms with Crippen molar-refractivity contribution in [3.8, 4) is 16.9 Å². The minimum Gasteiger partial charge on any atom is -0.420 e. The average molecular weight is 525 g/mol. The first-order chi connectivity index (χ1) is 16.6. The van der Waals surface area contributed by atoms with Gasteiger partial charge >= 0.3 is 5.57 Å². The van der Waals surface area contributed by atoms with Gasteiger partial charge in [-0.25, -0.2) is 4.98 Å². The lowest BCUT2D eigenvalue weighted by atomic mass is 10.0. The molecule has 4 rings (SSSR count). The maximum absolute atomic E-state index is 12.9. The Hall–Kier alpha value is -3.21. The van der Waals surface area contributed by atoms with Gasteiger partial charge in [-0.2, -0.15) is 0 Å². The van der Waals surface area contributed by atoms with Crippen molar-refractivity contribution in [1.29, 1.82) is 0 Å². The van der Waals surface area contributed by atoms with E-state index in [4.69, 9.17) is 27.9 Å². The summed E-state index contributed by atoms with van der Waals surface area (Å²) in [5.74, 6) is -0.0887. The number of nitrogens with one attached hydrogen (secondary N) is 1. The van der Waals surface area contributed by atoms with Gasteiger partial charge in [-0.15, -0.1) is 8.78 Å². The highest BCUT2D eigenvalue weighted by molar-refractivity contribution is 6.33. The standard InChI is InChI=1S/C23H20Cl2F2N4O4/c1-30-13-19(24)17(11-20(30)32)18-10-14(12-28-21(18)31-6-8-34-9-7-31)22(33)29-15-2-4-16(5-3-15)35-23(25,26)27/h2-5,10-13H,6-9H2,1H3,(H,29,33). The Balaban J connectivity index is 1.66. The van der Waals surface area contributed by atoms with Crippen LogP contribution in [0.3, 0.4) is 0 Å². The number of ether oxygens (including phenoxy) is 2. The predicted molar refractivity (Wildman–Crippen MR) is 129 cm³/mol. The molecule has 1 amide bonds. The van der Waals surface area contributed by atoms with Crippen LogP contribution in [0.2, 0.25) is 5.02 Å². The monoisotopic (exact) mass is 524 g/mol. The number of halogens is 4. The third-order valence-corrected chi connectivity index (χ3v) is 5.63. The number of carbonyl (C=O) groups is 1. The molecule has 0 saturated carbocycles. The molecule has 1 aromatic carbocycles. The zero-order valence-corrected chi connectivity index (χ0v) is 19.9. The van der Waals surface area contributed by atoms with E-state index >= 15 is 0 Å². The Morgan fingerprint density at radius 3 is 2.51 bits per heavy atom. The molecule has 2 aromatic heterocycles. The third-order valence-electron chi connectivity index (χ3n) is 5.26. The Kier molecular flexibility index (Phi) is 7.25. The lowest BCUT2D eigenvalue weighted by Crippen LogP contribution is -2.37. The van der Waals surface area contributed by atoms with E-state index in [0.29, 0.717) is 54.0 Å². The molecule has 35 heavy (non-hydrogen) atoms. The topological polar surface area (TPSA) is 85.7 Å². The summed E-state index contributed by atoms with van der Waals surface area (Å²) >= 11 is 11.2. The van der Waals surface area contributed by atoms with Crippen LogP contribution in [0, 0.1) is 0 Å². The van der Waals surface area contributed by atoms with Crippen molar-refractivity contribution >= 4 is 40.6 Å². The Labute approximate surface area is 209 Å². The van der Waals surface area contributed by atoms with Crippen molar-refractivity contribution in [1.82, 2.24) is 9.55 Å². The molecule has 12 heteroatoms. The van der Waals surface area contributed by atoms with Crippen LogP contribution in [0.1, 0.15) is 10.4 Å². The fourth-order valence-electron chi connectivity index (χ4n) is 3.55. The molecule has 0 atom stereocenters. The number of anilines is 2. The predicted octanol–water partition coefficient (Wildman–Crippen LogP) is 4.36. The molecule has 1 saturated heterocycles. The van der Waals surface area contributed by atoms with Crippen LogP contribution in [0.4, 0.5) is 20.3 Å². The van der Waals surface area contributed by atoms with Crippen molar-refractivity contribution in [3.63, 3.8) is 0 Å². The number of hydrogen-bond donors (Lipinski definition) is 1. The Bertz CT molecular complexity index is 1290.